The van der Waals surface area contributed by atoms with Crippen molar-refractivity contribution in [3.05, 3.63) is 95.3 Å². The number of nitrogens with zero attached hydrogens (tertiary/aromatic N) is 2. The van der Waals surface area contributed by atoms with E-state index in [2.05, 4.69) is 4.98 Å². The average molecular weight is 430 g/mol. The molecule has 1 aliphatic rings. The normalized spacial score (nSPS) is 17.4. The Morgan fingerprint density at radius 2 is 1.75 bits per heavy atom. The molecule has 3 aromatic rings. The number of hydrogen-bond donors (Lipinski definition) is 1. The molecule has 1 aromatic heterocycles. The minimum atomic E-state index is -0.746. The fourth-order valence-corrected chi connectivity index (χ4v) is 3.85. The van der Waals surface area contributed by atoms with Gasteiger partial charge in [-0.3, -0.25) is 14.6 Å². The Hall–Kier alpha value is -4.13. The third kappa shape index (κ3) is 3.80. The first-order valence-electron chi connectivity index (χ1n) is 9.99. The molecule has 1 atom stereocenters. The molecular weight excluding hydrogens is 408 g/mol. The summed E-state index contributed by atoms with van der Waals surface area (Å²) >= 11 is 0. The van der Waals surface area contributed by atoms with Crippen LogP contribution in [0.1, 0.15) is 22.7 Å². The lowest BCUT2D eigenvalue weighted by Crippen LogP contribution is -2.29. The van der Waals surface area contributed by atoms with Crippen molar-refractivity contribution in [3.8, 4) is 11.5 Å². The van der Waals surface area contributed by atoms with Crippen LogP contribution in [0.3, 0.4) is 0 Å². The molecule has 0 saturated carbocycles. The summed E-state index contributed by atoms with van der Waals surface area (Å²) < 4.78 is 10.6. The molecule has 4 rings (SSSR count). The van der Waals surface area contributed by atoms with Crippen LogP contribution in [0.15, 0.2) is 78.6 Å². The summed E-state index contributed by atoms with van der Waals surface area (Å²) in [4.78, 5) is 31.7. The molecule has 7 heteroatoms. The van der Waals surface area contributed by atoms with Gasteiger partial charge in [-0.2, -0.15) is 0 Å². The van der Waals surface area contributed by atoms with Gasteiger partial charge in [-0.25, -0.2) is 0 Å². The molecule has 32 heavy (non-hydrogen) atoms. The number of likely N-dealkylation sites (tertiary alicyclic amines) is 1. The van der Waals surface area contributed by atoms with Crippen LogP contribution in [0.4, 0.5) is 0 Å². The van der Waals surface area contributed by atoms with E-state index in [1.54, 1.807) is 36.7 Å². The molecule has 0 radical (unpaired) electrons. The SMILES string of the molecule is COc1ccc(/C(O)=C2\C(=O)C(=O)N(Cc3cccnc3)[C@H]2c2ccccc2)cc1OC. The molecule has 162 valence electrons. The van der Waals surface area contributed by atoms with Crippen LogP contribution in [0.25, 0.3) is 5.76 Å². The van der Waals surface area contributed by atoms with E-state index >= 15 is 0 Å². The van der Waals surface area contributed by atoms with Crippen LogP contribution in [-0.2, 0) is 16.1 Å². The van der Waals surface area contributed by atoms with Gasteiger partial charge < -0.3 is 19.5 Å². The predicted octanol–water partition coefficient (Wildman–Crippen LogP) is 3.72. The second-order valence-corrected chi connectivity index (χ2v) is 7.27. The van der Waals surface area contributed by atoms with Gasteiger partial charge in [0, 0.05) is 24.5 Å². The Bertz CT molecular complexity index is 1180. The fraction of sp³-hybridized carbons (Fsp3) is 0.160. The largest absolute Gasteiger partial charge is 0.507 e. The highest BCUT2D eigenvalue weighted by Gasteiger charge is 2.46. The summed E-state index contributed by atoms with van der Waals surface area (Å²) in [5.41, 5.74) is 1.87. The topological polar surface area (TPSA) is 89.0 Å². The monoisotopic (exact) mass is 430 g/mol. The zero-order valence-corrected chi connectivity index (χ0v) is 17.7. The standard InChI is InChI=1S/C25H22N2O5/c1-31-19-11-10-18(13-20(19)32-2)23(28)21-22(17-8-4-3-5-9-17)27(25(30)24(21)29)15-16-7-6-12-26-14-16/h3-14,22,28H,15H2,1-2H3/b23-21+/t22-/m0/s1. The number of benzene rings is 2. The zero-order valence-electron chi connectivity index (χ0n) is 17.7. The molecule has 7 nitrogen and oxygen atoms in total. The van der Waals surface area contributed by atoms with Crippen LogP contribution in [0.2, 0.25) is 0 Å². The van der Waals surface area contributed by atoms with Crippen molar-refractivity contribution in [2.45, 2.75) is 12.6 Å². The highest BCUT2D eigenvalue weighted by Crippen LogP contribution is 2.41. The number of ketones is 1. The minimum Gasteiger partial charge on any atom is -0.507 e. The maximum Gasteiger partial charge on any atom is 0.295 e. The minimum absolute atomic E-state index is 0.0253. The lowest BCUT2D eigenvalue weighted by Gasteiger charge is -2.25. The number of carbonyl (C=O) groups is 2. The van der Waals surface area contributed by atoms with E-state index in [0.717, 1.165) is 11.1 Å². The third-order valence-corrected chi connectivity index (χ3v) is 5.39. The van der Waals surface area contributed by atoms with E-state index in [4.69, 9.17) is 9.47 Å². The Balaban J connectivity index is 1.85. The van der Waals surface area contributed by atoms with Crippen molar-refractivity contribution < 1.29 is 24.2 Å². The first kappa shape index (κ1) is 21.1. The maximum absolute atomic E-state index is 13.1. The van der Waals surface area contributed by atoms with E-state index in [1.165, 1.54) is 19.1 Å². The number of ether oxygens (including phenoxy) is 2. The molecule has 1 fully saturated rings. The van der Waals surface area contributed by atoms with Gasteiger partial charge in [0.05, 0.1) is 25.8 Å². The van der Waals surface area contributed by atoms with Crippen molar-refractivity contribution in [2.75, 3.05) is 14.2 Å². The Kier molecular flexibility index (Phi) is 5.89. The van der Waals surface area contributed by atoms with Gasteiger partial charge in [0.2, 0.25) is 0 Å². The van der Waals surface area contributed by atoms with Crippen molar-refractivity contribution in [1.82, 2.24) is 9.88 Å². The molecule has 1 saturated heterocycles. The van der Waals surface area contributed by atoms with E-state index in [-0.39, 0.29) is 17.9 Å². The second-order valence-electron chi connectivity index (χ2n) is 7.27. The van der Waals surface area contributed by atoms with E-state index in [1.807, 2.05) is 36.4 Å². The molecule has 1 amide bonds. The van der Waals surface area contributed by atoms with Gasteiger partial charge in [-0.05, 0) is 35.4 Å². The van der Waals surface area contributed by atoms with Crippen LogP contribution in [0.5, 0.6) is 11.5 Å². The smallest absolute Gasteiger partial charge is 0.295 e. The van der Waals surface area contributed by atoms with Crippen LogP contribution in [0, 0.1) is 0 Å². The lowest BCUT2D eigenvalue weighted by atomic mass is 9.95. The van der Waals surface area contributed by atoms with Gasteiger partial charge in [-0.15, -0.1) is 0 Å². The second kappa shape index (κ2) is 8.93. The number of amides is 1. The number of aliphatic hydroxyl groups excluding tert-OH is 1. The number of hydrogen-bond acceptors (Lipinski definition) is 6. The number of methoxy groups -OCH3 is 2. The van der Waals surface area contributed by atoms with Crippen molar-refractivity contribution in [3.63, 3.8) is 0 Å². The number of Topliss-reactive ketones (excluding diaryl/α,β-unsaturated/α-hetero) is 1. The molecule has 0 aliphatic carbocycles. The number of carbonyl (C=O) groups excluding carboxylic acids is 2. The summed E-state index contributed by atoms with van der Waals surface area (Å²) in [7, 11) is 3.00. The van der Waals surface area contributed by atoms with E-state index in [0.29, 0.717) is 17.1 Å². The van der Waals surface area contributed by atoms with Crippen molar-refractivity contribution in [2.24, 2.45) is 0 Å². The molecule has 2 heterocycles. The Labute approximate surface area is 185 Å². The molecule has 2 aromatic carbocycles. The van der Waals surface area contributed by atoms with Crippen LogP contribution < -0.4 is 9.47 Å². The van der Waals surface area contributed by atoms with Gasteiger partial charge in [0.25, 0.3) is 11.7 Å². The average Bonchev–Trinajstić information content (AvgIpc) is 3.09. The molecule has 1 N–H and O–H groups in total. The van der Waals surface area contributed by atoms with Gasteiger partial charge in [0.15, 0.2) is 11.5 Å². The number of rotatable bonds is 6. The summed E-state index contributed by atoms with van der Waals surface area (Å²) in [6.45, 7) is 0.181. The Morgan fingerprint density at radius 3 is 2.41 bits per heavy atom. The van der Waals surface area contributed by atoms with Gasteiger partial charge in [-0.1, -0.05) is 36.4 Å². The highest BCUT2D eigenvalue weighted by molar-refractivity contribution is 6.46. The molecule has 1 aliphatic heterocycles. The predicted molar refractivity (Wildman–Crippen MR) is 118 cm³/mol. The molecular formula is C25H22N2O5. The van der Waals surface area contributed by atoms with Crippen LogP contribution in [-0.4, -0.2) is 40.9 Å². The molecule has 0 unspecified atom stereocenters. The Morgan fingerprint density at radius 1 is 1.00 bits per heavy atom. The number of pyridine rings is 1. The van der Waals surface area contributed by atoms with Gasteiger partial charge >= 0.3 is 0 Å². The summed E-state index contributed by atoms with van der Waals surface area (Å²) in [6, 6.07) is 16.9. The lowest BCUT2D eigenvalue weighted by molar-refractivity contribution is -0.140. The summed E-state index contributed by atoms with van der Waals surface area (Å²) in [6.07, 6.45) is 3.29. The highest BCUT2D eigenvalue weighted by atomic mass is 16.5. The molecule has 0 spiro atoms. The third-order valence-electron chi connectivity index (χ3n) is 5.39. The first-order valence-corrected chi connectivity index (χ1v) is 9.99. The number of aliphatic hydroxyl groups is 1. The van der Waals surface area contributed by atoms with Crippen molar-refractivity contribution >= 4 is 17.4 Å². The molecule has 0 bridgehead atoms. The fourth-order valence-electron chi connectivity index (χ4n) is 3.85. The van der Waals surface area contributed by atoms with Crippen LogP contribution >= 0.6 is 0 Å². The number of aromatic nitrogens is 1. The zero-order chi connectivity index (χ0) is 22.7. The van der Waals surface area contributed by atoms with E-state index in [9.17, 15) is 14.7 Å². The van der Waals surface area contributed by atoms with Gasteiger partial charge in [0.1, 0.15) is 5.76 Å². The first-order chi connectivity index (χ1) is 15.5. The van der Waals surface area contributed by atoms with Crippen molar-refractivity contribution in [1.29, 1.82) is 0 Å². The quantitative estimate of drug-likeness (QED) is 0.364. The summed E-state index contributed by atoms with van der Waals surface area (Å²) in [5, 5.41) is 11.2. The summed E-state index contributed by atoms with van der Waals surface area (Å²) in [5.74, 6) is -0.801. The van der Waals surface area contributed by atoms with E-state index < -0.39 is 17.7 Å². The maximum atomic E-state index is 13.1.